The summed E-state index contributed by atoms with van der Waals surface area (Å²) < 4.78 is 5.77. The molecule has 110 valence electrons. The Morgan fingerprint density at radius 3 is 2.79 bits per heavy atom. The fourth-order valence-electron chi connectivity index (χ4n) is 3.37. The molecule has 2 rings (SSSR count). The number of amides is 1. The minimum absolute atomic E-state index is 0.168. The molecule has 0 aromatic carbocycles. The van der Waals surface area contributed by atoms with Gasteiger partial charge in [-0.25, -0.2) is 0 Å². The van der Waals surface area contributed by atoms with E-state index in [1.807, 2.05) is 0 Å². The van der Waals surface area contributed by atoms with Crippen LogP contribution < -0.4 is 10.6 Å². The maximum Gasteiger partial charge on any atom is 0.240 e. The van der Waals surface area contributed by atoms with E-state index in [0.29, 0.717) is 19.3 Å². The van der Waals surface area contributed by atoms with Crippen molar-refractivity contribution in [2.24, 2.45) is 0 Å². The highest BCUT2D eigenvalue weighted by molar-refractivity contribution is 5.86. The number of ether oxygens (including phenoxy) is 1. The first-order valence-electron chi connectivity index (χ1n) is 7.92. The van der Waals surface area contributed by atoms with Crippen LogP contribution in [0.3, 0.4) is 0 Å². The Balaban J connectivity index is 1.67. The van der Waals surface area contributed by atoms with Crippen LogP contribution in [-0.2, 0) is 9.53 Å². The number of rotatable bonds is 7. The van der Waals surface area contributed by atoms with E-state index in [1.54, 1.807) is 0 Å². The number of hydrogen-bond donors (Lipinski definition) is 2. The van der Waals surface area contributed by atoms with Gasteiger partial charge in [0.25, 0.3) is 0 Å². The second kappa shape index (κ2) is 7.25. The zero-order valence-electron chi connectivity index (χ0n) is 12.2. The topological polar surface area (TPSA) is 50.4 Å². The highest BCUT2D eigenvalue weighted by Gasteiger charge is 2.39. The molecule has 0 aromatic rings. The van der Waals surface area contributed by atoms with E-state index in [-0.39, 0.29) is 11.4 Å². The Labute approximate surface area is 116 Å². The quantitative estimate of drug-likeness (QED) is 0.694. The molecule has 19 heavy (non-hydrogen) atoms. The van der Waals surface area contributed by atoms with E-state index >= 15 is 0 Å². The van der Waals surface area contributed by atoms with Crippen molar-refractivity contribution >= 4 is 5.91 Å². The molecule has 1 saturated carbocycles. The van der Waals surface area contributed by atoms with Crippen molar-refractivity contribution < 1.29 is 9.53 Å². The lowest BCUT2D eigenvalue weighted by Gasteiger charge is -2.28. The van der Waals surface area contributed by atoms with Gasteiger partial charge in [-0.3, -0.25) is 4.79 Å². The van der Waals surface area contributed by atoms with Gasteiger partial charge in [-0.1, -0.05) is 26.2 Å². The third kappa shape index (κ3) is 3.93. The number of carbonyl (C=O) groups is 1. The maximum absolute atomic E-state index is 12.3. The molecular weight excluding hydrogens is 240 g/mol. The lowest BCUT2D eigenvalue weighted by atomic mass is 9.91. The van der Waals surface area contributed by atoms with Gasteiger partial charge in [0.15, 0.2) is 0 Å². The van der Waals surface area contributed by atoms with E-state index in [1.165, 1.54) is 25.7 Å². The van der Waals surface area contributed by atoms with Crippen molar-refractivity contribution in [1.82, 2.24) is 10.6 Å². The van der Waals surface area contributed by atoms with Crippen LogP contribution in [0.5, 0.6) is 0 Å². The Bertz CT molecular complexity index is 282. The molecule has 1 amide bonds. The summed E-state index contributed by atoms with van der Waals surface area (Å²) in [7, 11) is 0. The number of hydrogen-bond acceptors (Lipinski definition) is 3. The van der Waals surface area contributed by atoms with Crippen molar-refractivity contribution in [1.29, 1.82) is 0 Å². The Hall–Kier alpha value is -0.610. The minimum atomic E-state index is -0.303. The Morgan fingerprint density at radius 1 is 1.37 bits per heavy atom. The first kappa shape index (κ1) is 14.8. The molecule has 1 atom stereocenters. The molecule has 2 aliphatic rings. The van der Waals surface area contributed by atoms with E-state index < -0.39 is 0 Å². The van der Waals surface area contributed by atoms with Crippen molar-refractivity contribution in [3.8, 4) is 0 Å². The van der Waals surface area contributed by atoms with Gasteiger partial charge in [0.2, 0.25) is 5.91 Å². The molecular formula is C15H28N2O2. The first-order valence-corrected chi connectivity index (χ1v) is 7.92. The van der Waals surface area contributed by atoms with E-state index in [4.69, 9.17) is 4.74 Å². The van der Waals surface area contributed by atoms with Crippen molar-refractivity contribution in [2.45, 2.75) is 69.9 Å². The summed E-state index contributed by atoms with van der Waals surface area (Å²) in [4.78, 5) is 12.3. The number of nitrogens with one attached hydrogen (secondary N) is 2. The molecule has 1 aliphatic carbocycles. The molecule has 2 fully saturated rings. The van der Waals surface area contributed by atoms with Gasteiger partial charge >= 0.3 is 0 Å². The molecule has 1 saturated heterocycles. The molecule has 4 nitrogen and oxygen atoms in total. The second-order valence-corrected chi connectivity index (χ2v) is 5.90. The van der Waals surface area contributed by atoms with Crippen LogP contribution in [0.4, 0.5) is 0 Å². The van der Waals surface area contributed by atoms with Crippen LogP contribution in [0.1, 0.15) is 58.3 Å². The lowest BCUT2D eigenvalue weighted by molar-refractivity contribution is -0.127. The van der Waals surface area contributed by atoms with Gasteiger partial charge < -0.3 is 15.4 Å². The highest BCUT2D eigenvalue weighted by atomic mass is 16.5. The first-order chi connectivity index (χ1) is 9.27. The molecule has 1 unspecified atom stereocenters. The van der Waals surface area contributed by atoms with Gasteiger partial charge in [0.05, 0.1) is 18.2 Å². The fourth-order valence-corrected chi connectivity index (χ4v) is 3.37. The molecule has 0 radical (unpaired) electrons. The van der Waals surface area contributed by atoms with E-state index in [2.05, 4.69) is 17.6 Å². The predicted molar refractivity (Wildman–Crippen MR) is 76.1 cm³/mol. The van der Waals surface area contributed by atoms with Gasteiger partial charge in [0, 0.05) is 6.54 Å². The van der Waals surface area contributed by atoms with Crippen molar-refractivity contribution in [3.05, 3.63) is 0 Å². The SMILES string of the molecule is CCCC1(C(=O)NCCOC2CCCC2)CCCN1. The maximum atomic E-state index is 12.3. The van der Waals surface area contributed by atoms with Crippen LogP contribution in [0, 0.1) is 0 Å². The van der Waals surface area contributed by atoms with Crippen LogP contribution in [0.15, 0.2) is 0 Å². The second-order valence-electron chi connectivity index (χ2n) is 5.90. The normalized spacial score (nSPS) is 27.8. The predicted octanol–water partition coefficient (Wildman–Crippen LogP) is 1.98. The van der Waals surface area contributed by atoms with Crippen LogP contribution >= 0.6 is 0 Å². The summed E-state index contributed by atoms with van der Waals surface area (Å²) in [5.74, 6) is 0.168. The zero-order chi connectivity index (χ0) is 13.6. The standard InChI is InChI=1S/C15H28N2O2/c1-2-8-15(9-5-10-17-15)14(18)16-11-12-19-13-6-3-4-7-13/h13,17H,2-12H2,1H3,(H,16,18). The fraction of sp³-hybridized carbons (Fsp3) is 0.933. The van der Waals surface area contributed by atoms with E-state index in [0.717, 1.165) is 32.2 Å². The van der Waals surface area contributed by atoms with Crippen LogP contribution in [0.2, 0.25) is 0 Å². The number of carbonyl (C=O) groups excluding carboxylic acids is 1. The zero-order valence-corrected chi connectivity index (χ0v) is 12.2. The summed E-state index contributed by atoms with van der Waals surface area (Å²) in [6.45, 7) is 4.39. The summed E-state index contributed by atoms with van der Waals surface area (Å²) in [6.07, 6.45) is 9.45. The molecule has 1 heterocycles. The molecule has 0 bridgehead atoms. The third-order valence-corrected chi connectivity index (χ3v) is 4.40. The Kier molecular flexibility index (Phi) is 5.64. The van der Waals surface area contributed by atoms with E-state index in [9.17, 15) is 4.79 Å². The van der Waals surface area contributed by atoms with Crippen molar-refractivity contribution in [3.63, 3.8) is 0 Å². The smallest absolute Gasteiger partial charge is 0.240 e. The largest absolute Gasteiger partial charge is 0.376 e. The average Bonchev–Trinajstić information content (AvgIpc) is 3.06. The monoisotopic (exact) mass is 268 g/mol. The van der Waals surface area contributed by atoms with Crippen LogP contribution in [0.25, 0.3) is 0 Å². The Morgan fingerprint density at radius 2 is 2.16 bits per heavy atom. The van der Waals surface area contributed by atoms with Gasteiger partial charge in [-0.05, 0) is 38.6 Å². The highest BCUT2D eigenvalue weighted by Crippen LogP contribution is 2.25. The van der Waals surface area contributed by atoms with Crippen LogP contribution in [-0.4, -0.2) is 37.2 Å². The summed E-state index contributed by atoms with van der Waals surface area (Å²) >= 11 is 0. The summed E-state index contributed by atoms with van der Waals surface area (Å²) in [6, 6.07) is 0. The molecule has 0 aromatic heterocycles. The molecule has 4 heteroatoms. The third-order valence-electron chi connectivity index (χ3n) is 4.40. The molecule has 1 aliphatic heterocycles. The van der Waals surface area contributed by atoms with Gasteiger partial charge in [-0.15, -0.1) is 0 Å². The summed E-state index contributed by atoms with van der Waals surface area (Å²) in [5.41, 5.74) is -0.303. The lowest BCUT2D eigenvalue weighted by Crippen LogP contribution is -2.54. The molecule has 2 N–H and O–H groups in total. The minimum Gasteiger partial charge on any atom is -0.376 e. The van der Waals surface area contributed by atoms with Gasteiger partial charge in [0.1, 0.15) is 0 Å². The molecule has 0 spiro atoms. The van der Waals surface area contributed by atoms with Gasteiger partial charge in [-0.2, -0.15) is 0 Å². The average molecular weight is 268 g/mol. The summed E-state index contributed by atoms with van der Waals surface area (Å²) in [5, 5.41) is 6.45. The van der Waals surface area contributed by atoms with Crippen molar-refractivity contribution in [2.75, 3.05) is 19.7 Å².